The number of aromatic nitrogens is 3. The van der Waals surface area contributed by atoms with E-state index in [1.807, 2.05) is 48.5 Å². The fourth-order valence-corrected chi connectivity index (χ4v) is 2.19. The zero-order valence-corrected chi connectivity index (χ0v) is 11.4. The molecular formula is C15H13ClN4. The van der Waals surface area contributed by atoms with Crippen LogP contribution in [0.4, 0.5) is 5.69 Å². The summed E-state index contributed by atoms with van der Waals surface area (Å²) in [5.74, 6) is 1.47. The summed E-state index contributed by atoms with van der Waals surface area (Å²) in [6.45, 7) is 0. The van der Waals surface area contributed by atoms with E-state index in [9.17, 15) is 0 Å². The summed E-state index contributed by atoms with van der Waals surface area (Å²) in [7, 11) is 0. The van der Waals surface area contributed by atoms with Crippen LogP contribution in [0.25, 0.3) is 11.4 Å². The van der Waals surface area contributed by atoms with Crippen LogP contribution >= 0.6 is 11.6 Å². The van der Waals surface area contributed by atoms with Crippen molar-refractivity contribution < 1.29 is 0 Å². The van der Waals surface area contributed by atoms with Gasteiger partial charge in [0.25, 0.3) is 0 Å². The van der Waals surface area contributed by atoms with Crippen LogP contribution in [0.2, 0.25) is 5.02 Å². The average molecular weight is 285 g/mol. The van der Waals surface area contributed by atoms with Crippen LogP contribution in [-0.4, -0.2) is 15.2 Å². The number of hydrogen-bond donors (Lipinski definition) is 2. The van der Waals surface area contributed by atoms with Gasteiger partial charge < -0.3 is 5.73 Å². The van der Waals surface area contributed by atoms with E-state index in [0.29, 0.717) is 12.2 Å². The largest absolute Gasteiger partial charge is 0.399 e. The molecule has 2 aromatic carbocycles. The summed E-state index contributed by atoms with van der Waals surface area (Å²) in [6.07, 6.45) is 0.669. The topological polar surface area (TPSA) is 67.6 Å². The number of aromatic amines is 1. The van der Waals surface area contributed by atoms with Gasteiger partial charge in [0.05, 0.1) is 0 Å². The Morgan fingerprint density at radius 2 is 1.90 bits per heavy atom. The first kappa shape index (κ1) is 12.7. The molecule has 1 heterocycles. The lowest BCUT2D eigenvalue weighted by Crippen LogP contribution is -1.90. The van der Waals surface area contributed by atoms with Crippen molar-refractivity contribution in [2.75, 3.05) is 5.73 Å². The Hall–Kier alpha value is -2.33. The molecule has 0 saturated heterocycles. The van der Waals surface area contributed by atoms with E-state index >= 15 is 0 Å². The lowest BCUT2D eigenvalue weighted by atomic mass is 10.1. The summed E-state index contributed by atoms with van der Waals surface area (Å²) in [4.78, 5) is 4.48. The highest BCUT2D eigenvalue weighted by Gasteiger charge is 2.06. The minimum atomic E-state index is 0.669. The van der Waals surface area contributed by atoms with Crippen molar-refractivity contribution in [3.8, 4) is 11.4 Å². The maximum absolute atomic E-state index is 5.97. The van der Waals surface area contributed by atoms with Crippen LogP contribution in [0.3, 0.4) is 0 Å². The number of anilines is 1. The van der Waals surface area contributed by atoms with Crippen LogP contribution in [0.15, 0.2) is 48.5 Å². The highest BCUT2D eigenvalue weighted by atomic mass is 35.5. The van der Waals surface area contributed by atoms with Crippen molar-refractivity contribution >= 4 is 17.3 Å². The molecule has 0 aliphatic rings. The van der Waals surface area contributed by atoms with Crippen molar-refractivity contribution in [2.45, 2.75) is 6.42 Å². The predicted molar refractivity (Wildman–Crippen MR) is 80.5 cm³/mol. The number of H-pyrrole nitrogens is 1. The van der Waals surface area contributed by atoms with Crippen LogP contribution < -0.4 is 5.73 Å². The smallest absolute Gasteiger partial charge is 0.181 e. The van der Waals surface area contributed by atoms with Crippen molar-refractivity contribution in [1.29, 1.82) is 0 Å². The van der Waals surface area contributed by atoms with Gasteiger partial charge >= 0.3 is 0 Å². The summed E-state index contributed by atoms with van der Waals surface area (Å²) in [5.41, 5.74) is 8.42. The number of nitrogens with zero attached hydrogens (tertiary/aromatic N) is 2. The Morgan fingerprint density at radius 1 is 1.10 bits per heavy atom. The Kier molecular flexibility index (Phi) is 3.39. The number of nitrogen functional groups attached to an aromatic ring is 1. The minimum absolute atomic E-state index is 0.669. The zero-order valence-electron chi connectivity index (χ0n) is 10.7. The number of benzene rings is 2. The monoisotopic (exact) mass is 284 g/mol. The molecule has 0 atom stereocenters. The van der Waals surface area contributed by atoms with Crippen LogP contribution in [0.1, 0.15) is 11.4 Å². The second-order valence-corrected chi connectivity index (χ2v) is 4.97. The van der Waals surface area contributed by atoms with E-state index in [0.717, 1.165) is 27.7 Å². The van der Waals surface area contributed by atoms with Crippen molar-refractivity contribution in [3.05, 3.63) is 64.9 Å². The third kappa shape index (κ3) is 2.81. The quantitative estimate of drug-likeness (QED) is 0.725. The molecule has 3 aromatic rings. The second kappa shape index (κ2) is 5.35. The van der Waals surface area contributed by atoms with Gasteiger partial charge in [-0.1, -0.05) is 23.7 Å². The van der Waals surface area contributed by atoms with E-state index in [1.54, 1.807) is 0 Å². The third-order valence-corrected chi connectivity index (χ3v) is 3.20. The molecule has 0 fully saturated rings. The molecule has 0 saturated carbocycles. The highest BCUT2D eigenvalue weighted by molar-refractivity contribution is 6.30. The van der Waals surface area contributed by atoms with Gasteiger partial charge in [0.2, 0.25) is 0 Å². The maximum Gasteiger partial charge on any atom is 0.181 e. The normalized spacial score (nSPS) is 10.7. The molecule has 0 spiro atoms. The first-order valence-electron chi connectivity index (χ1n) is 6.22. The molecule has 4 nitrogen and oxygen atoms in total. The molecule has 100 valence electrons. The van der Waals surface area contributed by atoms with Crippen molar-refractivity contribution in [2.24, 2.45) is 0 Å². The van der Waals surface area contributed by atoms with Gasteiger partial charge in [0, 0.05) is 22.7 Å². The molecule has 20 heavy (non-hydrogen) atoms. The molecule has 0 unspecified atom stereocenters. The number of nitrogens with two attached hydrogens (primary N) is 1. The molecule has 0 aliphatic heterocycles. The molecule has 0 aliphatic carbocycles. The average Bonchev–Trinajstić information content (AvgIpc) is 2.88. The molecule has 0 amide bonds. The van der Waals surface area contributed by atoms with Crippen molar-refractivity contribution in [1.82, 2.24) is 15.2 Å². The molecule has 0 bridgehead atoms. The Morgan fingerprint density at radius 3 is 2.65 bits per heavy atom. The third-order valence-electron chi connectivity index (χ3n) is 2.96. The number of hydrogen-bond acceptors (Lipinski definition) is 3. The van der Waals surface area contributed by atoms with Gasteiger partial charge in [-0.25, -0.2) is 4.98 Å². The summed E-state index contributed by atoms with van der Waals surface area (Å²) >= 11 is 5.97. The van der Waals surface area contributed by atoms with Gasteiger partial charge in [-0.2, -0.15) is 5.10 Å². The number of rotatable bonds is 3. The molecule has 0 radical (unpaired) electrons. The highest BCUT2D eigenvalue weighted by Crippen LogP contribution is 2.18. The standard InChI is InChI=1S/C15H13ClN4/c16-12-3-1-2-10(8-12)9-14-18-15(20-19-14)11-4-6-13(17)7-5-11/h1-8H,9,17H2,(H,18,19,20). The summed E-state index contributed by atoms with van der Waals surface area (Å²) < 4.78 is 0. The Bertz CT molecular complexity index is 719. The van der Waals surface area contributed by atoms with Crippen LogP contribution in [-0.2, 0) is 6.42 Å². The van der Waals surface area contributed by atoms with Gasteiger partial charge in [-0.05, 0) is 42.0 Å². The summed E-state index contributed by atoms with van der Waals surface area (Å²) in [5, 5.41) is 7.90. The number of nitrogens with one attached hydrogen (secondary N) is 1. The molecular weight excluding hydrogens is 272 g/mol. The molecule has 1 aromatic heterocycles. The van der Waals surface area contributed by atoms with Gasteiger partial charge in [-0.3, -0.25) is 5.10 Å². The number of halogens is 1. The van der Waals surface area contributed by atoms with E-state index in [2.05, 4.69) is 15.2 Å². The summed E-state index contributed by atoms with van der Waals surface area (Å²) in [6, 6.07) is 15.2. The minimum Gasteiger partial charge on any atom is -0.399 e. The predicted octanol–water partition coefficient (Wildman–Crippen LogP) is 3.30. The van der Waals surface area contributed by atoms with E-state index in [4.69, 9.17) is 17.3 Å². The SMILES string of the molecule is Nc1ccc(-c2n[nH]c(Cc3cccc(Cl)c3)n2)cc1. The molecule has 3 rings (SSSR count). The molecule has 5 heteroatoms. The van der Waals surface area contributed by atoms with E-state index in [-0.39, 0.29) is 0 Å². The van der Waals surface area contributed by atoms with Crippen LogP contribution in [0.5, 0.6) is 0 Å². The Balaban J connectivity index is 1.82. The Labute approximate surface area is 121 Å². The fourth-order valence-electron chi connectivity index (χ4n) is 1.98. The van der Waals surface area contributed by atoms with Gasteiger partial charge in [0.15, 0.2) is 5.82 Å². The van der Waals surface area contributed by atoms with Gasteiger partial charge in [-0.15, -0.1) is 0 Å². The van der Waals surface area contributed by atoms with Gasteiger partial charge in [0.1, 0.15) is 5.82 Å². The first-order valence-corrected chi connectivity index (χ1v) is 6.60. The first-order chi connectivity index (χ1) is 9.70. The fraction of sp³-hybridized carbons (Fsp3) is 0.0667. The zero-order chi connectivity index (χ0) is 13.9. The lowest BCUT2D eigenvalue weighted by molar-refractivity contribution is 0.973. The lowest BCUT2D eigenvalue weighted by Gasteiger charge is -1.98. The molecule has 3 N–H and O–H groups in total. The van der Waals surface area contributed by atoms with Crippen molar-refractivity contribution in [3.63, 3.8) is 0 Å². The maximum atomic E-state index is 5.97. The van der Waals surface area contributed by atoms with E-state index < -0.39 is 0 Å². The van der Waals surface area contributed by atoms with Crippen LogP contribution in [0, 0.1) is 0 Å². The van der Waals surface area contributed by atoms with E-state index in [1.165, 1.54) is 0 Å². The second-order valence-electron chi connectivity index (χ2n) is 4.53.